The number of amides is 2. The summed E-state index contributed by atoms with van der Waals surface area (Å²) in [4.78, 5) is 26.6. The Bertz CT molecular complexity index is 806. The standard InChI is InChI=1S/C20H21Cl2N3O2/c21-15-6-7-17(22)18(12-15)24-20(27)19(26)23-16-8-10-25(11-9-16)13-14-4-2-1-3-5-14/h1-7,12,16H,8-11,13H2,(H,23,26)(H,24,27). The van der Waals surface area contributed by atoms with Crippen LogP contribution >= 0.6 is 23.2 Å². The second kappa shape index (κ2) is 9.22. The van der Waals surface area contributed by atoms with Crippen LogP contribution in [-0.4, -0.2) is 35.8 Å². The monoisotopic (exact) mass is 405 g/mol. The summed E-state index contributed by atoms with van der Waals surface area (Å²) < 4.78 is 0. The first-order valence-corrected chi connectivity index (χ1v) is 9.60. The van der Waals surface area contributed by atoms with Crippen LogP contribution in [0.3, 0.4) is 0 Å². The largest absolute Gasteiger partial charge is 0.345 e. The van der Waals surface area contributed by atoms with Gasteiger partial charge in [-0.3, -0.25) is 14.5 Å². The molecule has 0 bridgehead atoms. The first kappa shape index (κ1) is 19.7. The molecule has 0 aromatic heterocycles. The minimum Gasteiger partial charge on any atom is -0.345 e. The van der Waals surface area contributed by atoms with E-state index in [0.29, 0.717) is 15.7 Å². The van der Waals surface area contributed by atoms with E-state index in [1.165, 1.54) is 11.6 Å². The number of piperidine rings is 1. The van der Waals surface area contributed by atoms with Crippen LogP contribution in [0.15, 0.2) is 48.5 Å². The van der Waals surface area contributed by atoms with E-state index in [4.69, 9.17) is 23.2 Å². The molecule has 1 aliphatic heterocycles. The van der Waals surface area contributed by atoms with E-state index in [1.807, 2.05) is 18.2 Å². The summed E-state index contributed by atoms with van der Waals surface area (Å²) in [5.74, 6) is -1.40. The van der Waals surface area contributed by atoms with Crippen LogP contribution in [-0.2, 0) is 16.1 Å². The number of nitrogens with one attached hydrogen (secondary N) is 2. The Hall–Kier alpha value is -2.08. The summed E-state index contributed by atoms with van der Waals surface area (Å²) in [6, 6.07) is 15.0. The Morgan fingerprint density at radius 2 is 1.70 bits per heavy atom. The molecule has 2 N–H and O–H groups in total. The van der Waals surface area contributed by atoms with Crippen LogP contribution in [0.2, 0.25) is 10.0 Å². The molecule has 1 fully saturated rings. The zero-order chi connectivity index (χ0) is 19.2. The smallest absolute Gasteiger partial charge is 0.313 e. The Labute approximate surface area is 168 Å². The molecule has 0 saturated carbocycles. The molecule has 0 radical (unpaired) electrons. The van der Waals surface area contributed by atoms with Gasteiger partial charge in [-0.15, -0.1) is 0 Å². The van der Waals surface area contributed by atoms with Gasteiger partial charge in [0, 0.05) is 30.7 Å². The fraction of sp³-hybridized carbons (Fsp3) is 0.300. The summed E-state index contributed by atoms with van der Waals surface area (Å²) in [6.45, 7) is 2.65. The third-order valence-corrected chi connectivity index (χ3v) is 5.12. The van der Waals surface area contributed by atoms with Gasteiger partial charge in [-0.05, 0) is 36.6 Å². The maximum Gasteiger partial charge on any atom is 0.313 e. The number of benzene rings is 2. The van der Waals surface area contributed by atoms with Gasteiger partial charge in [-0.1, -0.05) is 53.5 Å². The van der Waals surface area contributed by atoms with Crippen molar-refractivity contribution in [2.75, 3.05) is 18.4 Å². The van der Waals surface area contributed by atoms with Crippen molar-refractivity contribution in [2.24, 2.45) is 0 Å². The summed E-state index contributed by atoms with van der Waals surface area (Å²) in [7, 11) is 0. The van der Waals surface area contributed by atoms with Crippen molar-refractivity contribution >= 4 is 40.7 Å². The van der Waals surface area contributed by atoms with Crippen LogP contribution in [0.5, 0.6) is 0 Å². The predicted molar refractivity (Wildman–Crippen MR) is 108 cm³/mol. The van der Waals surface area contributed by atoms with E-state index in [-0.39, 0.29) is 6.04 Å². The quantitative estimate of drug-likeness (QED) is 0.761. The fourth-order valence-electron chi connectivity index (χ4n) is 3.10. The summed E-state index contributed by atoms with van der Waals surface area (Å²) in [5, 5.41) is 6.07. The summed E-state index contributed by atoms with van der Waals surface area (Å²) in [6.07, 6.45) is 1.62. The van der Waals surface area contributed by atoms with E-state index >= 15 is 0 Å². The molecule has 1 aliphatic rings. The molecule has 5 nitrogen and oxygen atoms in total. The van der Waals surface area contributed by atoms with Crippen LogP contribution < -0.4 is 10.6 Å². The van der Waals surface area contributed by atoms with Crippen LogP contribution in [0.25, 0.3) is 0 Å². The zero-order valence-electron chi connectivity index (χ0n) is 14.8. The van der Waals surface area contributed by atoms with Gasteiger partial charge in [-0.2, -0.15) is 0 Å². The van der Waals surface area contributed by atoms with Gasteiger partial charge >= 0.3 is 11.8 Å². The molecule has 1 heterocycles. The molecule has 3 rings (SSSR count). The van der Waals surface area contributed by atoms with Crippen molar-refractivity contribution in [3.05, 3.63) is 64.1 Å². The zero-order valence-corrected chi connectivity index (χ0v) is 16.3. The van der Waals surface area contributed by atoms with Gasteiger partial charge in [0.1, 0.15) is 0 Å². The second-order valence-electron chi connectivity index (χ2n) is 6.59. The average Bonchev–Trinajstić information content (AvgIpc) is 2.67. The van der Waals surface area contributed by atoms with E-state index in [9.17, 15) is 9.59 Å². The second-order valence-corrected chi connectivity index (χ2v) is 7.43. The van der Waals surface area contributed by atoms with E-state index in [2.05, 4.69) is 27.7 Å². The van der Waals surface area contributed by atoms with Crippen molar-refractivity contribution in [3.8, 4) is 0 Å². The molecular formula is C20H21Cl2N3O2. The van der Waals surface area contributed by atoms with Crippen molar-refractivity contribution < 1.29 is 9.59 Å². The topological polar surface area (TPSA) is 61.4 Å². The highest BCUT2D eigenvalue weighted by atomic mass is 35.5. The number of anilines is 1. The van der Waals surface area contributed by atoms with Crippen LogP contribution in [0, 0.1) is 0 Å². The highest BCUT2D eigenvalue weighted by Crippen LogP contribution is 2.25. The van der Waals surface area contributed by atoms with Crippen LogP contribution in [0.4, 0.5) is 5.69 Å². The summed E-state index contributed by atoms with van der Waals surface area (Å²) >= 11 is 11.9. The normalized spacial score (nSPS) is 15.3. The van der Waals surface area contributed by atoms with Gasteiger partial charge in [0.15, 0.2) is 0 Å². The summed E-state index contributed by atoms with van der Waals surface area (Å²) in [5.41, 5.74) is 1.60. The van der Waals surface area contributed by atoms with Crippen LogP contribution in [0.1, 0.15) is 18.4 Å². The number of hydrogen-bond acceptors (Lipinski definition) is 3. The van der Waals surface area contributed by atoms with E-state index in [1.54, 1.807) is 12.1 Å². The Kier molecular flexibility index (Phi) is 6.72. The Morgan fingerprint density at radius 1 is 1.00 bits per heavy atom. The minimum atomic E-state index is -0.745. The molecule has 0 atom stereocenters. The van der Waals surface area contributed by atoms with Gasteiger partial charge in [0.25, 0.3) is 0 Å². The number of hydrogen-bond donors (Lipinski definition) is 2. The molecule has 0 spiro atoms. The fourth-order valence-corrected chi connectivity index (χ4v) is 3.44. The molecular weight excluding hydrogens is 385 g/mol. The maximum atomic E-state index is 12.2. The lowest BCUT2D eigenvalue weighted by Gasteiger charge is -2.32. The number of likely N-dealkylation sites (tertiary alicyclic amines) is 1. The number of carbonyl (C=O) groups excluding carboxylic acids is 2. The predicted octanol–water partition coefficient (Wildman–Crippen LogP) is 3.71. The highest BCUT2D eigenvalue weighted by Gasteiger charge is 2.24. The molecule has 0 unspecified atom stereocenters. The molecule has 7 heteroatoms. The van der Waals surface area contributed by atoms with Crippen molar-refractivity contribution in [3.63, 3.8) is 0 Å². The molecule has 0 aliphatic carbocycles. The average molecular weight is 406 g/mol. The SMILES string of the molecule is O=C(Nc1cc(Cl)ccc1Cl)C(=O)NC1CCN(Cc2ccccc2)CC1. The minimum absolute atomic E-state index is 0.00916. The molecule has 2 aromatic carbocycles. The van der Waals surface area contributed by atoms with Gasteiger partial charge in [0.2, 0.25) is 0 Å². The number of halogens is 2. The molecule has 27 heavy (non-hydrogen) atoms. The first-order valence-electron chi connectivity index (χ1n) is 8.84. The Morgan fingerprint density at radius 3 is 2.41 bits per heavy atom. The lowest BCUT2D eigenvalue weighted by atomic mass is 10.0. The first-order chi connectivity index (χ1) is 13.0. The molecule has 1 saturated heterocycles. The highest BCUT2D eigenvalue weighted by molar-refractivity contribution is 6.42. The van der Waals surface area contributed by atoms with Crippen molar-refractivity contribution in [1.82, 2.24) is 10.2 Å². The van der Waals surface area contributed by atoms with Crippen molar-refractivity contribution in [2.45, 2.75) is 25.4 Å². The number of rotatable bonds is 4. The lowest BCUT2D eigenvalue weighted by Crippen LogP contribution is -2.47. The van der Waals surface area contributed by atoms with Gasteiger partial charge in [-0.25, -0.2) is 0 Å². The van der Waals surface area contributed by atoms with Gasteiger partial charge < -0.3 is 10.6 Å². The maximum absolute atomic E-state index is 12.2. The number of carbonyl (C=O) groups is 2. The molecule has 2 aromatic rings. The third-order valence-electron chi connectivity index (χ3n) is 4.55. The van der Waals surface area contributed by atoms with E-state index < -0.39 is 11.8 Å². The Balaban J connectivity index is 1.46. The third kappa shape index (κ3) is 5.70. The number of nitrogens with zero attached hydrogens (tertiary/aromatic N) is 1. The van der Waals surface area contributed by atoms with E-state index in [0.717, 1.165) is 32.5 Å². The van der Waals surface area contributed by atoms with Gasteiger partial charge in [0.05, 0.1) is 10.7 Å². The lowest BCUT2D eigenvalue weighted by molar-refractivity contribution is -0.136. The van der Waals surface area contributed by atoms with Crippen molar-refractivity contribution in [1.29, 1.82) is 0 Å². The molecule has 142 valence electrons. The molecule has 2 amide bonds.